The first-order valence-electron chi connectivity index (χ1n) is 7.52. The number of nitriles is 1. The molecular formula is C17H18N4O2S. The van der Waals surface area contributed by atoms with E-state index < -0.39 is 10.8 Å². The second-order valence-corrected chi connectivity index (χ2v) is 6.55. The molecule has 2 rings (SSSR count). The Morgan fingerprint density at radius 1 is 1.46 bits per heavy atom. The first-order valence-corrected chi connectivity index (χ1v) is 8.40. The molecule has 24 heavy (non-hydrogen) atoms. The average molecular weight is 342 g/mol. The molecule has 2 aromatic rings. The molecule has 1 atom stereocenters. The summed E-state index contributed by atoms with van der Waals surface area (Å²) < 4.78 is 0. The summed E-state index contributed by atoms with van der Waals surface area (Å²) in [5.74, 6) is -0.181. The molecule has 124 valence electrons. The topological polar surface area (TPSA) is 98.6 Å². The Hall–Kier alpha value is -2.59. The molecule has 0 aliphatic heterocycles. The van der Waals surface area contributed by atoms with E-state index in [2.05, 4.69) is 15.3 Å². The number of hydrogen-bond donors (Lipinski definition) is 2. The van der Waals surface area contributed by atoms with Gasteiger partial charge in [0.1, 0.15) is 11.6 Å². The fourth-order valence-corrected chi connectivity index (χ4v) is 2.91. The van der Waals surface area contributed by atoms with Gasteiger partial charge in [-0.2, -0.15) is 5.26 Å². The predicted octanol–water partition coefficient (Wildman–Crippen LogP) is 2.63. The van der Waals surface area contributed by atoms with Crippen LogP contribution in [0.1, 0.15) is 30.7 Å². The van der Waals surface area contributed by atoms with Gasteiger partial charge in [-0.25, -0.2) is 4.98 Å². The van der Waals surface area contributed by atoms with Gasteiger partial charge in [-0.1, -0.05) is 36.9 Å². The minimum atomic E-state index is -0.474. The second-order valence-electron chi connectivity index (χ2n) is 5.22. The van der Waals surface area contributed by atoms with Crippen molar-refractivity contribution < 1.29 is 4.79 Å². The van der Waals surface area contributed by atoms with Crippen molar-refractivity contribution in [1.29, 1.82) is 5.26 Å². The summed E-state index contributed by atoms with van der Waals surface area (Å²) in [6.07, 6.45) is 0.476. The number of aromatic nitrogens is 2. The van der Waals surface area contributed by atoms with Crippen LogP contribution in [0.5, 0.6) is 0 Å². The third-order valence-corrected chi connectivity index (χ3v) is 4.46. The minimum Gasteiger partial charge on any atom is -0.325 e. The lowest BCUT2D eigenvalue weighted by Crippen LogP contribution is -2.24. The summed E-state index contributed by atoms with van der Waals surface area (Å²) in [6.45, 7) is 5.48. The fourth-order valence-electron chi connectivity index (χ4n) is 2.09. The Balaban J connectivity index is 2.15. The fraction of sp³-hybridized carbons (Fsp3) is 0.294. The molecule has 1 unspecified atom stereocenters. The van der Waals surface area contributed by atoms with Gasteiger partial charge < -0.3 is 10.3 Å². The molecule has 0 bridgehead atoms. The Kier molecular flexibility index (Phi) is 5.77. The van der Waals surface area contributed by atoms with Crippen LogP contribution in [-0.2, 0) is 11.2 Å². The molecule has 0 saturated heterocycles. The zero-order valence-corrected chi connectivity index (χ0v) is 14.5. The molecule has 0 spiro atoms. The molecule has 1 heterocycles. The van der Waals surface area contributed by atoms with Gasteiger partial charge in [-0.15, -0.1) is 0 Å². The lowest BCUT2D eigenvalue weighted by molar-refractivity contribution is -0.115. The maximum atomic E-state index is 12.3. The van der Waals surface area contributed by atoms with Crippen molar-refractivity contribution in [2.24, 2.45) is 0 Å². The number of H-pyrrole nitrogens is 1. The van der Waals surface area contributed by atoms with E-state index in [1.165, 1.54) is 0 Å². The summed E-state index contributed by atoms with van der Waals surface area (Å²) in [7, 11) is 0. The van der Waals surface area contributed by atoms with Crippen molar-refractivity contribution in [2.75, 3.05) is 5.32 Å². The van der Waals surface area contributed by atoms with Crippen molar-refractivity contribution in [3.63, 3.8) is 0 Å². The highest BCUT2D eigenvalue weighted by atomic mass is 32.2. The van der Waals surface area contributed by atoms with Crippen LogP contribution in [0, 0.1) is 18.3 Å². The average Bonchev–Trinajstić information content (AvgIpc) is 2.56. The number of nitrogens with zero attached hydrogens (tertiary/aromatic N) is 2. The molecule has 0 fully saturated rings. The number of amides is 1. The Labute approximate surface area is 144 Å². The van der Waals surface area contributed by atoms with Gasteiger partial charge in [-0.3, -0.25) is 9.59 Å². The number of carbonyl (C=O) groups is 1. The van der Waals surface area contributed by atoms with Crippen LogP contribution in [0.4, 0.5) is 5.69 Å². The van der Waals surface area contributed by atoms with Crippen molar-refractivity contribution in [3.05, 3.63) is 51.4 Å². The van der Waals surface area contributed by atoms with Crippen molar-refractivity contribution >= 4 is 23.4 Å². The summed E-state index contributed by atoms with van der Waals surface area (Å²) in [4.78, 5) is 31.1. The number of nitrogens with one attached hydrogen (secondary N) is 2. The molecule has 0 aliphatic rings. The summed E-state index contributed by atoms with van der Waals surface area (Å²) in [5.41, 5.74) is 1.72. The predicted molar refractivity (Wildman–Crippen MR) is 94.1 cm³/mol. The van der Waals surface area contributed by atoms with E-state index in [-0.39, 0.29) is 11.5 Å². The molecule has 0 radical (unpaired) electrons. The van der Waals surface area contributed by atoms with E-state index >= 15 is 0 Å². The zero-order chi connectivity index (χ0) is 17.7. The van der Waals surface area contributed by atoms with Crippen LogP contribution < -0.4 is 10.9 Å². The number of rotatable bonds is 5. The second kappa shape index (κ2) is 7.79. The van der Waals surface area contributed by atoms with Gasteiger partial charge in [-0.05, 0) is 31.9 Å². The molecule has 6 nitrogen and oxygen atoms in total. The lowest BCUT2D eigenvalue weighted by atomic mass is 10.2. The third kappa shape index (κ3) is 4.03. The smallest absolute Gasteiger partial charge is 0.269 e. The van der Waals surface area contributed by atoms with Gasteiger partial charge in [0, 0.05) is 5.69 Å². The van der Waals surface area contributed by atoms with Crippen molar-refractivity contribution in [1.82, 2.24) is 9.97 Å². The largest absolute Gasteiger partial charge is 0.325 e. The summed E-state index contributed by atoms with van der Waals surface area (Å²) in [6, 6.07) is 9.37. The van der Waals surface area contributed by atoms with E-state index in [0.29, 0.717) is 17.3 Å². The maximum absolute atomic E-state index is 12.3. The normalized spacial score (nSPS) is 11.6. The highest BCUT2D eigenvalue weighted by Gasteiger charge is 2.18. The molecule has 7 heteroatoms. The lowest BCUT2D eigenvalue weighted by Gasteiger charge is -2.13. The number of thioether (sulfide) groups is 1. The monoisotopic (exact) mass is 342 g/mol. The maximum Gasteiger partial charge on any atom is 0.269 e. The van der Waals surface area contributed by atoms with Crippen LogP contribution in [0.25, 0.3) is 0 Å². The van der Waals surface area contributed by atoms with Crippen molar-refractivity contribution in [3.8, 4) is 6.07 Å². The molecule has 1 aromatic carbocycles. The van der Waals surface area contributed by atoms with Gasteiger partial charge >= 0.3 is 0 Å². The van der Waals surface area contributed by atoms with Gasteiger partial charge in [0.25, 0.3) is 5.56 Å². The SMILES string of the molecule is CCc1nc(SC(C)C(=O)Nc2ccccc2C)[nH]c(=O)c1C#N. The number of aromatic amines is 1. The first kappa shape index (κ1) is 17.8. The number of aryl methyl sites for hydroxylation is 2. The van der Waals surface area contributed by atoms with Crippen LogP contribution in [0.3, 0.4) is 0 Å². The van der Waals surface area contributed by atoms with Crippen LogP contribution in [0.2, 0.25) is 0 Å². The summed E-state index contributed by atoms with van der Waals surface area (Å²) in [5, 5.41) is 11.7. The van der Waals surface area contributed by atoms with Crippen LogP contribution in [-0.4, -0.2) is 21.1 Å². The van der Waals surface area contributed by atoms with E-state index in [1.54, 1.807) is 6.92 Å². The molecule has 0 aliphatic carbocycles. The van der Waals surface area contributed by atoms with Gasteiger partial charge in [0.15, 0.2) is 5.16 Å². The quantitative estimate of drug-likeness (QED) is 0.643. The highest BCUT2D eigenvalue weighted by Crippen LogP contribution is 2.21. The van der Waals surface area contributed by atoms with E-state index in [0.717, 1.165) is 23.0 Å². The number of anilines is 1. The number of carbonyl (C=O) groups excluding carboxylic acids is 1. The third-order valence-electron chi connectivity index (χ3n) is 3.48. The number of benzene rings is 1. The zero-order valence-electron chi connectivity index (χ0n) is 13.7. The molecule has 2 N–H and O–H groups in total. The number of hydrogen-bond acceptors (Lipinski definition) is 5. The Morgan fingerprint density at radius 2 is 2.17 bits per heavy atom. The highest BCUT2D eigenvalue weighted by molar-refractivity contribution is 8.00. The van der Waals surface area contributed by atoms with Crippen LogP contribution in [0.15, 0.2) is 34.2 Å². The number of para-hydroxylation sites is 1. The molecule has 1 amide bonds. The van der Waals surface area contributed by atoms with Crippen LogP contribution >= 0.6 is 11.8 Å². The summed E-state index contributed by atoms with van der Waals surface area (Å²) >= 11 is 1.15. The molecule has 0 saturated carbocycles. The van der Waals surface area contributed by atoms with Crippen molar-refractivity contribution in [2.45, 2.75) is 37.6 Å². The Bertz CT molecular complexity index is 854. The minimum absolute atomic E-state index is 0.0267. The van der Waals surface area contributed by atoms with E-state index in [9.17, 15) is 9.59 Å². The molecular weight excluding hydrogens is 324 g/mol. The van der Waals surface area contributed by atoms with E-state index in [1.807, 2.05) is 44.2 Å². The molecule has 1 aromatic heterocycles. The van der Waals surface area contributed by atoms with Gasteiger partial charge in [0.2, 0.25) is 5.91 Å². The van der Waals surface area contributed by atoms with E-state index in [4.69, 9.17) is 5.26 Å². The first-order chi connectivity index (χ1) is 11.5. The van der Waals surface area contributed by atoms with Gasteiger partial charge in [0.05, 0.1) is 10.9 Å². The Morgan fingerprint density at radius 3 is 2.79 bits per heavy atom. The standard InChI is InChI=1S/C17H18N4O2S/c1-4-13-12(9-18)16(23)21-17(20-13)24-11(3)15(22)19-14-8-6-5-7-10(14)2/h5-8,11H,4H2,1-3H3,(H,19,22)(H,20,21,23).